The molecule has 2 N–H and O–H groups in total. The Morgan fingerprint density at radius 1 is 1.10 bits per heavy atom. The minimum atomic E-state index is -4.56. The molecule has 0 rings (SSSR count). The lowest BCUT2D eigenvalue weighted by molar-refractivity contribution is -0.183. The van der Waals surface area contributed by atoms with Crippen LogP contribution < -0.4 is 0 Å². The van der Waals surface area contributed by atoms with E-state index in [4.69, 9.17) is 19.3 Å². The minimum Gasteiger partial charge on any atom is -0.422 e. The predicted octanol–water partition coefficient (Wildman–Crippen LogP) is 1.44. The van der Waals surface area contributed by atoms with E-state index in [0.717, 1.165) is 0 Å². The van der Waals surface area contributed by atoms with Crippen LogP contribution in [0.4, 0.5) is 0 Å². The van der Waals surface area contributed by atoms with Gasteiger partial charge in [0.25, 0.3) is 0 Å². The van der Waals surface area contributed by atoms with Gasteiger partial charge in [0.2, 0.25) is 6.29 Å². The number of carbonyl (C=O) groups excluding carboxylic acids is 2. The third-order valence-electron chi connectivity index (χ3n) is 2.02. The first-order valence-electron chi connectivity index (χ1n) is 5.96. The van der Waals surface area contributed by atoms with Crippen LogP contribution in [-0.2, 0) is 28.2 Å². The number of phosphoric acid groups is 1. The molecule has 0 aromatic carbocycles. The van der Waals surface area contributed by atoms with Crippen LogP contribution in [0.5, 0.6) is 0 Å². The molecule has 0 radical (unpaired) electrons. The van der Waals surface area contributed by atoms with Crippen molar-refractivity contribution < 1.29 is 37.9 Å². The van der Waals surface area contributed by atoms with Crippen molar-refractivity contribution >= 4 is 19.8 Å². The van der Waals surface area contributed by atoms with Gasteiger partial charge in [-0.25, -0.2) is 14.2 Å². The van der Waals surface area contributed by atoms with Crippen molar-refractivity contribution in [2.75, 3.05) is 6.61 Å². The lowest BCUT2D eigenvalue weighted by Gasteiger charge is -2.18. The molecule has 0 fully saturated rings. The first kappa shape index (κ1) is 19.5. The molecule has 0 aliphatic rings. The van der Waals surface area contributed by atoms with Gasteiger partial charge < -0.3 is 19.3 Å². The maximum atomic E-state index is 11.4. The number of phosphoric ester groups is 1. The van der Waals surface area contributed by atoms with E-state index < -0.39 is 26.1 Å². The molecule has 0 unspecified atom stereocenters. The maximum Gasteiger partial charge on any atom is 0.469 e. The van der Waals surface area contributed by atoms with Gasteiger partial charge in [0.15, 0.2) is 0 Å². The Hall–Kier alpha value is -1.47. The van der Waals surface area contributed by atoms with Crippen molar-refractivity contribution in [3.05, 3.63) is 24.3 Å². The molecule has 0 atom stereocenters. The third-order valence-corrected chi connectivity index (χ3v) is 2.54. The third kappa shape index (κ3) is 9.97. The van der Waals surface area contributed by atoms with Gasteiger partial charge in [-0.2, -0.15) is 0 Å². The van der Waals surface area contributed by atoms with E-state index in [0.29, 0.717) is 0 Å². The van der Waals surface area contributed by atoms with E-state index in [1.165, 1.54) is 13.8 Å². The Bertz CT molecular complexity index is 436. The molecule has 0 saturated heterocycles. The topological polar surface area (TPSA) is 119 Å². The molecule has 0 aromatic rings. The van der Waals surface area contributed by atoms with Crippen molar-refractivity contribution in [2.45, 2.75) is 33.0 Å². The largest absolute Gasteiger partial charge is 0.469 e. The number of carbonyl (C=O) groups is 2. The van der Waals surface area contributed by atoms with Crippen LogP contribution in [0.1, 0.15) is 26.7 Å². The van der Waals surface area contributed by atoms with Crippen LogP contribution in [0.15, 0.2) is 24.3 Å². The average Bonchev–Trinajstić information content (AvgIpc) is 2.32. The Morgan fingerprint density at radius 3 is 1.86 bits per heavy atom. The molecular formula is C12H19O8P. The van der Waals surface area contributed by atoms with Gasteiger partial charge in [-0.05, 0) is 20.3 Å². The SMILES string of the molecule is C=C(C)C(=O)OC(CCCOP(=O)(O)O)OC(=O)C(=C)C. The van der Waals surface area contributed by atoms with Crippen LogP contribution in [-0.4, -0.2) is 34.6 Å². The van der Waals surface area contributed by atoms with Gasteiger partial charge in [0.1, 0.15) is 0 Å². The van der Waals surface area contributed by atoms with E-state index >= 15 is 0 Å². The summed E-state index contributed by atoms with van der Waals surface area (Å²) in [5, 5.41) is 0. The number of hydrogen-bond acceptors (Lipinski definition) is 6. The molecule has 8 nitrogen and oxygen atoms in total. The lowest BCUT2D eigenvalue weighted by atomic mass is 10.3. The number of rotatable bonds is 9. The number of ether oxygens (including phenoxy) is 2. The molecule has 0 aliphatic heterocycles. The fourth-order valence-corrected chi connectivity index (χ4v) is 1.38. The highest BCUT2D eigenvalue weighted by molar-refractivity contribution is 7.46. The summed E-state index contributed by atoms with van der Waals surface area (Å²) in [6.45, 7) is 9.35. The van der Waals surface area contributed by atoms with Crippen molar-refractivity contribution in [3.63, 3.8) is 0 Å². The quantitative estimate of drug-likeness (QED) is 0.215. The zero-order valence-corrected chi connectivity index (χ0v) is 12.8. The Balaban J connectivity index is 4.47. The van der Waals surface area contributed by atoms with Gasteiger partial charge in [0.05, 0.1) is 6.61 Å². The highest BCUT2D eigenvalue weighted by atomic mass is 31.2. The summed E-state index contributed by atoms with van der Waals surface area (Å²) >= 11 is 0. The van der Waals surface area contributed by atoms with Crippen LogP contribution in [0.25, 0.3) is 0 Å². The lowest BCUT2D eigenvalue weighted by Crippen LogP contribution is -2.25. The van der Waals surface area contributed by atoms with E-state index in [1.807, 2.05) is 0 Å². The van der Waals surface area contributed by atoms with E-state index in [1.54, 1.807) is 0 Å². The van der Waals surface area contributed by atoms with Crippen molar-refractivity contribution in [1.82, 2.24) is 0 Å². The first-order chi connectivity index (χ1) is 9.53. The van der Waals surface area contributed by atoms with Crippen LogP contribution in [0.3, 0.4) is 0 Å². The van der Waals surface area contributed by atoms with Crippen LogP contribution >= 0.6 is 7.82 Å². The van der Waals surface area contributed by atoms with Crippen molar-refractivity contribution in [2.24, 2.45) is 0 Å². The fraction of sp³-hybridized carbons (Fsp3) is 0.500. The molecule has 0 aromatic heterocycles. The van der Waals surface area contributed by atoms with Gasteiger partial charge >= 0.3 is 19.8 Å². The molecule has 120 valence electrons. The van der Waals surface area contributed by atoms with Crippen molar-refractivity contribution in [1.29, 1.82) is 0 Å². The minimum absolute atomic E-state index is 0.0119. The summed E-state index contributed by atoms with van der Waals surface area (Å²) in [6.07, 6.45) is -1.10. The van der Waals surface area contributed by atoms with Gasteiger partial charge in [-0.1, -0.05) is 13.2 Å². The van der Waals surface area contributed by atoms with E-state index in [9.17, 15) is 14.2 Å². The predicted molar refractivity (Wildman–Crippen MR) is 72.8 cm³/mol. The second kappa shape index (κ2) is 8.74. The average molecular weight is 322 g/mol. The normalized spacial score (nSPS) is 11.1. The second-order valence-electron chi connectivity index (χ2n) is 4.27. The zero-order valence-electron chi connectivity index (χ0n) is 11.9. The van der Waals surface area contributed by atoms with Crippen molar-refractivity contribution in [3.8, 4) is 0 Å². The molecule has 0 amide bonds. The molecule has 0 heterocycles. The highest BCUT2D eigenvalue weighted by Crippen LogP contribution is 2.35. The second-order valence-corrected chi connectivity index (χ2v) is 5.51. The maximum absolute atomic E-state index is 11.4. The van der Waals surface area contributed by atoms with Gasteiger partial charge in [-0.3, -0.25) is 4.52 Å². The van der Waals surface area contributed by atoms with Gasteiger partial charge in [0, 0.05) is 17.6 Å². The summed E-state index contributed by atoms with van der Waals surface area (Å²) < 4.78 is 24.5. The standard InChI is InChI=1S/C12H19O8P/c1-8(2)11(13)19-10(20-12(14)9(3)4)6-5-7-18-21(15,16)17/h10H,1,3,5-7H2,2,4H3,(H2,15,16,17). The summed E-state index contributed by atoms with van der Waals surface area (Å²) in [5.41, 5.74) is 0.246. The smallest absolute Gasteiger partial charge is 0.422 e. The zero-order chi connectivity index (χ0) is 16.6. The number of hydrogen-bond donors (Lipinski definition) is 2. The molecule has 0 bridgehead atoms. The van der Waals surface area contributed by atoms with Gasteiger partial charge in [-0.15, -0.1) is 0 Å². The monoisotopic (exact) mass is 322 g/mol. The molecule has 9 heteroatoms. The highest BCUT2D eigenvalue weighted by Gasteiger charge is 2.20. The molecular weight excluding hydrogens is 303 g/mol. The van der Waals surface area contributed by atoms with E-state index in [-0.39, 0.29) is 30.6 Å². The molecule has 0 spiro atoms. The Morgan fingerprint density at radius 2 is 1.52 bits per heavy atom. The van der Waals surface area contributed by atoms with Crippen LogP contribution in [0, 0.1) is 0 Å². The summed E-state index contributed by atoms with van der Waals surface area (Å²) in [5.74, 6) is -1.49. The van der Waals surface area contributed by atoms with Crippen LogP contribution in [0.2, 0.25) is 0 Å². The Labute approximate surface area is 122 Å². The number of esters is 2. The molecule has 0 aliphatic carbocycles. The summed E-state index contributed by atoms with van der Waals surface area (Å²) in [4.78, 5) is 39.8. The Kier molecular flexibility index (Phi) is 8.12. The fourth-order valence-electron chi connectivity index (χ4n) is 1.02. The first-order valence-corrected chi connectivity index (χ1v) is 7.49. The summed E-state index contributed by atoms with van der Waals surface area (Å²) in [7, 11) is -4.56. The van der Waals surface area contributed by atoms with E-state index in [2.05, 4.69) is 17.7 Å². The molecule has 0 saturated carbocycles. The molecule has 21 heavy (non-hydrogen) atoms. The summed E-state index contributed by atoms with van der Waals surface area (Å²) in [6, 6.07) is 0.